The number of nitrogens with one attached hydrogen (secondary N) is 2. The minimum Gasteiger partial charge on any atom is -0.355 e. The molecule has 0 aliphatic rings. The van der Waals surface area contributed by atoms with Crippen LogP contribution in [0.3, 0.4) is 0 Å². The lowest BCUT2D eigenvalue weighted by atomic mass is 9.95. The van der Waals surface area contributed by atoms with E-state index in [0.717, 1.165) is 12.1 Å². The molecule has 0 bridgehead atoms. The molecular formula is C20H26N2S. The zero-order valence-corrected chi connectivity index (χ0v) is 15.2. The zero-order chi connectivity index (χ0) is 16.8. The Morgan fingerprint density at radius 2 is 1.70 bits per heavy atom. The van der Waals surface area contributed by atoms with Crippen LogP contribution in [0.1, 0.15) is 43.5 Å². The van der Waals surface area contributed by atoms with E-state index in [4.69, 9.17) is 12.2 Å². The van der Waals surface area contributed by atoms with Crippen molar-refractivity contribution in [2.75, 3.05) is 5.32 Å². The molecule has 0 aliphatic carbocycles. The number of hydrogen-bond acceptors (Lipinski definition) is 1. The van der Waals surface area contributed by atoms with Gasteiger partial charge in [-0.15, -0.1) is 0 Å². The number of thiocarbonyl (C=S) groups is 1. The van der Waals surface area contributed by atoms with Gasteiger partial charge in [-0.05, 0) is 54.2 Å². The van der Waals surface area contributed by atoms with Crippen LogP contribution < -0.4 is 10.6 Å². The molecule has 3 heteroatoms. The smallest absolute Gasteiger partial charge is 0.171 e. The summed E-state index contributed by atoms with van der Waals surface area (Å²) >= 11 is 5.52. The largest absolute Gasteiger partial charge is 0.355 e. The number of para-hydroxylation sites is 1. The SMILES string of the molecule is CCc1ccc([C@H](NC(=S)Nc2ccccc2C)C(C)C)cc1. The van der Waals surface area contributed by atoms with Crippen LogP contribution in [-0.4, -0.2) is 5.11 Å². The van der Waals surface area contributed by atoms with Crippen molar-refractivity contribution in [2.24, 2.45) is 5.92 Å². The van der Waals surface area contributed by atoms with Crippen molar-refractivity contribution in [1.82, 2.24) is 5.32 Å². The first kappa shape index (κ1) is 17.5. The van der Waals surface area contributed by atoms with Crippen LogP contribution in [0.15, 0.2) is 48.5 Å². The summed E-state index contributed by atoms with van der Waals surface area (Å²) in [4.78, 5) is 0. The molecule has 0 spiro atoms. The third-order valence-electron chi connectivity index (χ3n) is 4.09. The number of anilines is 1. The number of rotatable bonds is 5. The fraction of sp³-hybridized carbons (Fsp3) is 0.350. The molecule has 0 aromatic heterocycles. The summed E-state index contributed by atoms with van der Waals surface area (Å²) in [6.45, 7) is 8.67. The zero-order valence-electron chi connectivity index (χ0n) is 14.4. The van der Waals surface area contributed by atoms with E-state index in [0.29, 0.717) is 11.0 Å². The summed E-state index contributed by atoms with van der Waals surface area (Å²) < 4.78 is 0. The summed E-state index contributed by atoms with van der Waals surface area (Å²) in [5, 5.41) is 7.44. The predicted octanol–water partition coefficient (Wildman–Crippen LogP) is 5.24. The topological polar surface area (TPSA) is 24.1 Å². The van der Waals surface area contributed by atoms with Crippen molar-refractivity contribution in [3.05, 3.63) is 65.2 Å². The molecule has 0 aliphatic heterocycles. The number of benzene rings is 2. The Morgan fingerprint density at radius 1 is 1.04 bits per heavy atom. The van der Waals surface area contributed by atoms with E-state index in [9.17, 15) is 0 Å². The summed E-state index contributed by atoms with van der Waals surface area (Å²) in [5.74, 6) is 0.444. The standard InChI is InChI=1S/C20H26N2S/c1-5-16-10-12-17(13-11-16)19(14(2)3)22-20(23)21-18-9-7-6-8-15(18)4/h6-14,19H,5H2,1-4H3,(H2,21,22,23)/t19-/m1/s1. The van der Waals surface area contributed by atoms with Crippen molar-refractivity contribution >= 4 is 23.0 Å². The normalized spacial score (nSPS) is 12.0. The lowest BCUT2D eigenvalue weighted by Gasteiger charge is -2.25. The van der Waals surface area contributed by atoms with Gasteiger partial charge in [0.25, 0.3) is 0 Å². The molecule has 2 aromatic rings. The van der Waals surface area contributed by atoms with Gasteiger partial charge in [-0.2, -0.15) is 0 Å². The molecule has 2 aromatic carbocycles. The Kier molecular flexibility index (Phi) is 6.17. The van der Waals surface area contributed by atoms with E-state index in [1.165, 1.54) is 16.7 Å². The maximum absolute atomic E-state index is 5.52. The molecule has 0 amide bonds. The van der Waals surface area contributed by atoms with Gasteiger partial charge in [-0.3, -0.25) is 0 Å². The molecule has 23 heavy (non-hydrogen) atoms. The van der Waals surface area contributed by atoms with E-state index in [2.05, 4.69) is 68.7 Å². The molecule has 0 fully saturated rings. The van der Waals surface area contributed by atoms with E-state index in [-0.39, 0.29) is 6.04 Å². The van der Waals surface area contributed by atoms with E-state index in [1.807, 2.05) is 18.2 Å². The highest BCUT2D eigenvalue weighted by Gasteiger charge is 2.17. The first-order valence-corrected chi connectivity index (χ1v) is 8.64. The van der Waals surface area contributed by atoms with Crippen molar-refractivity contribution in [2.45, 2.75) is 40.2 Å². The molecule has 0 saturated carbocycles. The Morgan fingerprint density at radius 3 is 2.26 bits per heavy atom. The monoisotopic (exact) mass is 326 g/mol. The highest BCUT2D eigenvalue weighted by atomic mass is 32.1. The first-order chi connectivity index (χ1) is 11.0. The van der Waals surface area contributed by atoms with E-state index < -0.39 is 0 Å². The molecule has 0 unspecified atom stereocenters. The van der Waals surface area contributed by atoms with Crippen LogP contribution in [0, 0.1) is 12.8 Å². The van der Waals surface area contributed by atoms with Gasteiger partial charge in [0, 0.05) is 5.69 Å². The molecule has 2 nitrogen and oxygen atoms in total. The van der Waals surface area contributed by atoms with Gasteiger partial charge >= 0.3 is 0 Å². The summed E-state index contributed by atoms with van der Waals surface area (Å²) in [7, 11) is 0. The fourth-order valence-corrected chi connectivity index (χ4v) is 2.85. The van der Waals surface area contributed by atoms with Crippen LogP contribution in [0.2, 0.25) is 0 Å². The summed E-state index contributed by atoms with van der Waals surface area (Å²) in [6.07, 6.45) is 1.06. The molecule has 2 rings (SSSR count). The van der Waals surface area contributed by atoms with Gasteiger partial charge in [0.05, 0.1) is 6.04 Å². The van der Waals surface area contributed by atoms with Crippen molar-refractivity contribution in [1.29, 1.82) is 0 Å². The van der Waals surface area contributed by atoms with Crippen molar-refractivity contribution in [3.63, 3.8) is 0 Å². The molecule has 0 saturated heterocycles. The van der Waals surface area contributed by atoms with Crippen LogP contribution >= 0.6 is 12.2 Å². The third kappa shape index (κ3) is 4.80. The summed E-state index contributed by atoms with van der Waals surface area (Å²) in [5.41, 5.74) is 4.86. The van der Waals surface area contributed by atoms with Crippen molar-refractivity contribution in [3.8, 4) is 0 Å². The van der Waals surface area contributed by atoms with Gasteiger partial charge in [-0.25, -0.2) is 0 Å². The Balaban J connectivity index is 2.09. The van der Waals surface area contributed by atoms with Crippen LogP contribution in [0.5, 0.6) is 0 Å². The molecule has 2 N–H and O–H groups in total. The number of hydrogen-bond donors (Lipinski definition) is 2. The molecule has 0 heterocycles. The fourth-order valence-electron chi connectivity index (χ4n) is 2.61. The predicted molar refractivity (Wildman–Crippen MR) is 104 cm³/mol. The van der Waals surface area contributed by atoms with Gasteiger partial charge < -0.3 is 10.6 Å². The summed E-state index contributed by atoms with van der Waals surface area (Å²) in [6, 6.07) is 17.2. The van der Waals surface area contributed by atoms with E-state index >= 15 is 0 Å². The lowest BCUT2D eigenvalue weighted by Crippen LogP contribution is -2.35. The van der Waals surface area contributed by atoms with Gasteiger partial charge in [-0.1, -0.05) is 63.2 Å². The third-order valence-corrected chi connectivity index (χ3v) is 4.31. The van der Waals surface area contributed by atoms with Crippen molar-refractivity contribution < 1.29 is 0 Å². The second-order valence-electron chi connectivity index (χ2n) is 6.23. The highest BCUT2D eigenvalue weighted by molar-refractivity contribution is 7.80. The maximum Gasteiger partial charge on any atom is 0.171 e. The maximum atomic E-state index is 5.52. The Hall–Kier alpha value is -1.87. The van der Waals surface area contributed by atoms with E-state index in [1.54, 1.807) is 0 Å². The number of aryl methyl sites for hydroxylation is 2. The molecule has 0 radical (unpaired) electrons. The lowest BCUT2D eigenvalue weighted by molar-refractivity contribution is 0.473. The second-order valence-corrected chi connectivity index (χ2v) is 6.64. The minimum atomic E-state index is 0.199. The quantitative estimate of drug-likeness (QED) is 0.735. The van der Waals surface area contributed by atoms with Gasteiger partial charge in [0.1, 0.15) is 0 Å². The Labute approximate surface area is 145 Å². The van der Waals surface area contributed by atoms with Gasteiger partial charge in [0.15, 0.2) is 5.11 Å². The van der Waals surface area contributed by atoms with Crippen LogP contribution in [0.25, 0.3) is 0 Å². The average molecular weight is 327 g/mol. The molecule has 1 atom stereocenters. The van der Waals surface area contributed by atoms with Crippen LogP contribution in [-0.2, 0) is 6.42 Å². The Bertz CT molecular complexity index is 647. The molecular weight excluding hydrogens is 300 g/mol. The van der Waals surface area contributed by atoms with Crippen LogP contribution in [0.4, 0.5) is 5.69 Å². The minimum absolute atomic E-state index is 0.199. The average Bonchev–Trinajstić information content (AvgIpc) is 2.55. The first-order valence-electron chi connectivity index (χ1n) is 8.23. The van der Waals surface area contributed by atoms with Gasteiger partial charge in [0.2, 0.25) is 0 Å². The molecule has 122 valence electrons. The highest BCUT2D eigenvalue weighted by Crippen LogP contribution is 2.23. The second kappa shape index (κ2) is 8.11.